The van der Waals surface area contributed by atoms with E-state index in [1.165, 1.54) is 37.4 Å². The highest BCUT2D eigenvalue weighted by Gasteiger charge is 2.15. The van der Waals surface area contributed by atoms with Gasteiger partial charge in [0.25, 0.3) is 11.8 Å². The van der Waals surface area contributed by atoms with Gasteiger partial charge >= 0.3 is 12.6 Å². The van der Waals surface area contributed by atoms with Crippen LogP contribution in [-0.2, 0) is 14.3 Å². The second-order valence-electron chi connectivity index (χ2n) is 5.47. The molecule has 0 radical (unpaired) electrons. The number of anilines is 1. The lowest BCUT2D eigenvalue weighted by molar-refractivity contribution is -0.146. The Morgan fingerprint density at radius 1 is 1.00 bits per heavy atom. The SMILES string of the molecule is COc1ccccc1C(=O)NCC(=O)OCC(=O)Nc1ccccc1OC(F)F. The van der Waals surface area contributed by atoms with Crippen LogP contribution in [0.25, 0.3) is 0 Å². The lowest BCUT2D eigenvalue weighted by Crippen LogP contribution is -2.32. The molecule has 2 N–H and O–H groups in total. The molecular formula is C19H18F2N2O6. The van der Waals surface area contributed by atoms with Gasteiger partial charge in [0.2, 0.25) is 0 Å². The number of rotatable bonds is 9. The minimum absolute atomic E-state index is 0.00155. The monoisotopic (exact) mass is 408 g/mol. The zero-order chi connectivity index (χ0) is 21.2. The maximum Gasteiger partial charge on any atom is 0.387 e. The third-order valence-electron chi connectivity index (χ3n) is 3.49. The van der Waals surface area contributed by atoms with Gasteiger partial charge in [-0.25, -0.2) is 0 Å². The van der Waals surface area contributed by atoms with E-state index in [4.69, 9.17) is 9.47 Å². The topological polar surface area (TPSA) is 103 Å². The van der Waals surface area contributed by atoms with E-state index in [0.717, 1.165) is 0 Å². The molecule has 2 amide bonds. The van der Waals surface area contributed by atoms with Crippen LogP contribution in [-0.4, -0.2) is 44.7 Å². The first-order chi connectivity index (χ1) is 13.9. The standard InChI is InChI=1S/C19H18F2N2O6/c1-27-14-8-4-2-6-12(14)18(26)22-10-17(25)28-11-16(24)23-13-7-3-5-9-15(13)29-19(20)21/h2-9,19H,10-11H2,1H3,(H,22,26)(H,23,24). The van der Waals surface area contributed by atoms with Gasteiger partial charge in [-0.05, 0) is 24.3 Å². The van der Waals surface area contributed by atoms with E-state index in [1.807, 2.05) is 0 Å². The zero-order valence-corrected chi connectivity index (χ0v) is 15.3. The number of amides is 2. The third kappa shape index (κ3) is 6.76. The number of hydrogen-bond donors (Lipinski definition) is 2. The minimum atomic E-state index is -3.06. The summed E-state index contributed by atoms with van der Waals surface area (Å²) in [5.41, 5.74) is 0.231. The van der Waals surface area contributed by atoms with Gasteiger partial charge in [-0.1, -0.05) is 24.3 Å². The van der Waals surface area contributed by atoms with Crippen molar-refractivity contribution in [3.63, 3.8) is 0 Å². The van der Waals surface area contributed by atoms with Crippen molar-refractivity contribution in [2.75, 3.05) is 25.6 Å². The quantitative estimate of drug-likeness (QED) is 0.617. The minimum Gasteiger partial charge on any atom is -0.496 e. The Morgan fingerprint density at radius 2 is 1.66 bits per heavy atom. The summed E-state index contributed by atoms with van der Waals surface area (Å²) in [5.74, 6) is -2.07. The summed E-state index contributed by atoms with van der Waals surface area (Å²) in [5, 5.41) is 4.65. The van der Waals surface area contributed by atoms with Crippen LogP contribution in [0.15, 0.2) is 48.5 Å². The van der Waals surface area contributed by atoms with E-state index >= 15 is 0 Å². The summed E-state index contributed by atoms with van der Waals surface area (Å²) in [6.45, 7) is -4.21. The van der Waals surface area contributed by atoms with Crippen LogP contribution in [0, 0.1) is 0 Å². The number of methoxy groups -OCH3 is 1. The Hall–Kier alpha value is -3.69. The van der Waals surface area contributed by atoms with Crippen molar-refractivity contribution in [2.45, 2.75) is 6.61 Å². The van der Waals surface area contributed by atoms with Crippen LogP contribution in [0.5, 0.6) is 11.5 Å². The predicted octanol–water partition coefficient (Wildman–Crippen LogP) is 2.21. The number of nitrogens with one attached hydrogen (secondary N) is 2. The number of carbonyl (C=O) groups excluding carboxylic acids is 3. The van der Waals surface area contributed by atoms with Gasteiger partial charge in [0, 0.05) is 0 Å². The Bertz CT molecular complexity index is 875. The molecule has 154 valence electrons. The molecule has 0 heterocycles. The van der Waals surface area contributed by atoms with E-state index in [0.29, 0.717) is 5.75 Å². The third-order valence-corrected chi connectivity index (χ3v) is 3.49. The second-order valence-corrected chi connectivity index (χ2v) is 5.47. The maximum absolute atomic E-state index is 12.4. The molecule has 0 unspecified atom stereocenters. The molecule has 0 saturated heterocycles. The molecule has 29 heavy (non-hydrogen) atoms. The number of halogens is 2. The summed E-state index contributed by atoms with van der Waals surface area (Å²) in [4.78, 5) is 35.7. The van der Waals surface area contributed by atoms with Crippen LogP contribution in [0.3, 0.4) is 0 Å². The lowest BCUT2D eigenvalue weighted by Gasteiger charge is -2.12. The highest BCUT2D eigenvalue weighted by Crippen LogP contribution is 2.25. The summed E-state index contributed by atoms with van der Waals surface area (Å²) in [6, 6.07) is 12.0. The number of ether oxygens (including phenoxy) is 3. The molecular weight excluding hydrogens is 390 g/mol. The van der Waals surface area contributed by atoms with Crippen molar-refractivity contribution < 1.29 is 37.4 Å². The van der Waals surface area contributed by atoms with Crippen molar-refractivity contribution in [1.82, 2.24) is 5.32 Å². The van der Waals surface area contributed by atoms with Crippen LogP contribution in [0.2, 0.25) is 0 Å². The van der Waals surface area contributed by atoms with Gasteiger partial charge in [0.1, 0.15) is 18.0 Å². The van der Waals surface area contributed by atoms with Gasteiger partial charge in [-0.2, -0.15) is 8.78 Å². The molecule has 0 aliphatic heterocycles. The van der Waals surface area contributed by atoms with E-state index in [9.17, 15) is 23.2 Å². The van der Waals surface area contributed by atoms with Crippen molar-refractivity contribution >= 4 is 23.5 Å². The first kappa shape index (κ1) is 21.6. The molecule has 0 fully saturated rings. The van der Waals surface area contributed by atoms with Gasteiger partial charge < -0.3 is 24.8 Å². The molecule has 2 rings (SSSR count). The number of carbonyl (C=O) groups is 3. The lowest BCUT2D eigenvalue weighted by atomic mass is 10.2. The van der Waals surface area contributed by atoms with Gasteiger partial charge in [0.05, 0.1) is 18.4 Å². The Labute approximate surface area is 164 Å². The molecule has 0 spiro atoms. The average molecular weight is 408 g/mol. The fourth-order valence-corrected chi connectivity index (χ4v) is 2.23. The summed E-state index contributed by atoms with van der Waals surface area (Å²) >= 11 is 0. The first-order valence-corrected chi connectivity index (χ1v) is 8.31. The maximum atomic E-state index is 12.4. The zero-order valence-electron chi connectivity index (χ0n) is 15.3. The molecule has 10 heteroatoms. The van der Waals surface area contributed by atoms with Crippen molar-refractivity contribution in [3.05, 3.63) is 54.1 Å². The summed E-state index contributed by atoms with van der Waals surface area (Å²) < 4.78 is 38.8. The van der Waals surface area contributed by atoms with Gasteiger partial charge in [-0.3, -0.25) is 14.4 Å². The second kappa shape index (κ2) is 10.6. The Morgan fingerprint density at radius 3 is 2.34 bits per heavy atom. The highest BCUT2D eigenvalue weighted by molar-refractivity contribution is 5.98. The fourth-order valence-electron chi connectivity index (χ4n) is 2.23. The Balaban J connectivity index is 1.81. The van der Waals surface area contributed by atoms with E-state index < -0.39 is 37.5 Å². The van der Waals surface area contributed by atoms with Gasteiger partial charge in [-0.15, -0.1) is 0 Å². The average Bonchev–Trinajstić information content (AvgIpc) is 2.71. The fraction of sp³-hybridized carbons (Fsp3) is 0.211. The van der Waals surface area contributed by atoms with Crippen LogP contribution >= 0.6 is 0 Å². The number of hydrogen-bond acceptors (Lipinski definition) is 6. The molecule has 0 aromatic heterocycles. The van der Waals surface area contributed by atoms with E-state index in [2.05, 4.69) is 15.4 Å². The predicted molar refractivity (Wildman–Crippen MR) is 98.0 cm³/mol. The number of para-hydroxylation sites is 3. The Kier molecular flexibility index (Phi) is 7.89. The molecule has 0 saturated carbocycles. The van der Waals surface area contributed by atoms with Crippen LogP contribution in [0.4, 0.5) is 14.5 Å². The number of alkyl halides is 2. The normalized spacial score (nSPS) is 10.2. The van der Waals surface area contributed by atoms with E-state index in [-0.39, 0.29) is 17.0 Å². The highest BCUT2D eigenvalue weighted by atomic mass is 19.3. The van der Waals surface area contributed by atoms with Crippen LogP contribution in [0.1, 0.15) is 10.4 Å². The summed E-state index contributed by atoms with van der Waals surface area (Å²) in [7, 11) is 1.41. The van der Waals surface area contributed by atoms with Gasteiger partial charge in [0.15, 0.2) is 6.61 Å². The van der Waals surface area contributed by atoms with Crippen LogP contribution < -0.4 is 20.1 Å². The smallest absolute Gasteiger partial charge is 0.387 e. The molecule has 8 nitrogen and oxygen atoms in total. The first-order valence-electron chi connectivity index (χ1n) is 8.31. The molecule has 2 aromatic rings. The van der Waals surface area contributed by atoms with Crippen molar-refractivity contribution in [3.8, 4) is 11.5 Å². The summed E-state index contributed by atoms with van der Waals surface area (Å²) in [6.07, 6.45) is 0. The molecule has 2 aromatic carbocycles. The number of benzene rings is 2. The van der Waals surface area contributed by atoms with E-state index in [1.54, 1.807) is 18.2 Å². The molecule has 0 bridgehead atoms. The van der Waals surface area contributed by atoms with Crippen molar-refractivity contribution in [2.24, 2.45) is 0 Å². The molecule has 0 aliphatic rings. The number of esters is 1. The van der Waals surface area contributed by atoms with Crippen molar-refractivity contribution in [1.29, 1.82) is 0 Å². The molecule has 0 aliphatic carbocycles. The molecule has 0 atom stereocenters. The largest absolute Gasteiger partial charge is 0.496 e.